The predicted molar refractivity (Wildman–Crippen MR) is 104 cm³/mol. The van der Waals surface area contributed by atoms with Gasteiger partial charge < -0.3 is 14.6 Å². The Hall–Kier alpha value is -3.10. The van der Waals surface area contributed by atoms with Gasteiger partial charge in [0.05, 0.1) is 6.61 Å². The van der Waals surface area contributed by atoms with E-state index in [1.807, 2.05) is 0 Å². The van der Waals surface area contributed by atoms with E-state index in [9.17, 15) is 31.9 Å². The number of carboxylic acids is 1. The van der Waals surface area contributed by atoms with Crippen molar-refractivity contribution in [3.05, 3.63) is 65.7 Å². The van der Waals surface area contributed by atoms with Crippen molar-refractivity contribution in [2.24, 2.45) is 0 Å². The molecular formula is C22H21F5O4. The molecule has 2 rings (SSSR count). The number of benzene rings is 2. The first-order valence-electron chi connectivity index (χ1n) is 9.44. The molecule has 2 aromatic rings. The van der Waals surface area contributed by atoms with Crippen LogP contribution in [0.4, 0.5) is 22.0 Å². The van der Waals surface area contributed by atoms with E-state index < -0.39 is 30.2 Å². The Balaban J connectivity index is 1.92. The molecule has 0 saturated heterocycles. The van der Waals surface area contributed by atoms with Crippen LogP contribution in [0, 0.1) is 0 Å². The highest BCUT2D eigenvalue weighted by Gasteiger charge is 2.42. The number of carboxylic acid groups (broad SMARTS) is 1. The van der Waals surface area contributed by atoms with Gasteiger partial charge in [0.25, 0.3) is 0 Å². The van der Waals surface area contributed by atoms with Gasteiger partial charge in [-0.3, -0.25) is 0 Å². The number of hydrogen-bond donors (Lipinski definition) is 1. The first-order valence-corrected chi connectivity index (χ1v) is 9.44. The highest BCUT2D eigenvalue weighted by molar-refractivity contribution is 5.93. The van der Waals surface area contributed by atoms with Crippen LogP contribution in [0.15, 0.2) is 60.2 Å². The molecule has 168 valence electrons. The largest absolute Gasteiger partial charge is 0.494 e. The van der Waals surface area contributed by atoms with Crippen LogP contribution in [0.25, 0.3) is 6.08 Å². The van der Waals surface area contributed by atoms with Crippen molar-refractivity contribution in [2.75, 3.05) is 6.61 Å². The molecule has 0 aromatic heterocycles. The maximum absolute atomic E-state index is 14.4. The summed E-state index contributed by atoms with van der Waals surface area (Å²) in [5.41, 5.74) is -0.944. The van der Waals surface area contributed by atoms with Gasteiger partial charge in [-0.2, -0.15) is 22.0 Å². The lowest BCUT2D eigenvalue weighted by Gasteiger charge is -2.19. The molecule has 0 aliphatic rings. The first kappa shape index (κ1) is 24.2. The second-order valence-corrected chi connectivity index (χ2v) is 6.64. The zero-order chi connectivity index (χ0) is 22.9. The quantitative estimate of drug-likeness (QED) is 0.250. The smallest absolute Gasteiger partial charge is 0.433 e. The molecule has 0 heterocycles. The zero-order valence-corrected chi connectivity index (χ0v) is 16.4. The number of aliphatic carboxylic acids is 1. The van der Waals surface area contributed by atoms with Gasteiger partial charge in [-0.25, -0.2) is 4.79 Å². The fraction of sp³-hybridized carbons (Fsp3) is 0.318. The summed E-state index contributed by atoms with van der Waals surface area (Å²) in [6.45, 7) is 0.178. The van der Waals surface area contributed by atoms with Crippen molar-refractivity contribution in [2.45, 2.75) is 38.0 Å². The third kappa shape index (κ3) is 8.65. The van der Waals surface area contributed by atoms with E-state index >= 15 is 0 Å². The molecule has 0 saturated carbocycles. The normalized spacial score (nSPS) is 12.5. The number of halogens is 5. The summed E-state index contributed by atoms with van der Waals surface area (Å²) in [6.07, 6.45) is -7.50. The van der Waals surface area contributed by atoms with Crippen molar-refractivity contribution < 1.29 is 41.3 Å². The molecule has 0 spiro atoms. The lowest BCUT2D eigenvalue weighted by atomic mass is 10.1. The summed E-state index contributed by atoms with van der Waals surface area (Å²) in [6, 6.07) is 12.9. The standard InChI is InChI=1S/C22H21F5O4/c23-21(24,25)13-5-2-6-14-30-17-9-11-18(12-10-17)31-22(26,27)19(20(28)29)15-16-7-3-1-4-8-16/h1,3-4,7-12,15H,2,5-6,13-14H2,(H,28,29)/b19-15-. The predicted octanol–water partition coefficient (Wildman–Crippen LogP) is 6.33. The Bertz CT molecular complexity index is 862. The molecular weight excluding hydrogens is 423 g/mol. The zero-order valence-electron chi connectivity index (χ0n) is 16.4. The summed E-state index contributed by atoms with van der Waals surface area (Å²) in [4.78, 5) is 11.3. The second-order valence-electron chi connectivity index (χ2n) is 6.64. The fourth-order valence-corrected chi connectivity index (χ4v) is 2.59. The minimum atomic E-state index is -4.17. The summed E-state index contributed by atoms with van der Waals surface area (Å²) in [7, 11) is 0. The van der Waals surface area contributed by atoms with Crippen LogP contribution in [0.3, 0.4) is 0 Å². The van der Waals surface area contributed by atoms with E-state index in [4.69, 9.17) is 4.74 Å². The molecule has 4 nitrogen and oxygen atoms in total. The minimum absolute atomic E-state index is 0.0110. The maximum atomic E-state index is 14.4. The Morgan fingerprint density at radius 3 is 2.06 bits per heavy atom. The van der Waals surface area contributed by atoms with Crippen LogP contribution >= 0.6 is 0 Å². The number of carbonyl (C=O) groups is 1. The molecule has 0 atom stereocenters. The third-order valence-corrected chi connectivity index (χ3v) is 4.10. The molecule has 1 N–H and O–H groups in total. The van der Waals surface area contributed by atoms with Crippen molar-refractivity contribution in [1.82, 2.24) is 0 Å². The maximum Gasteiger partial charge on any atom is 0.433 e. The van der Waals surface area contributed by atoms with Gasteiger partial charge in [0.15, 0.2) is 0 Å². The summed E-state index contributed by atoms with van der Waals surface area (Å²) in [5, 5.41) is 9.18. The van der Waals surface area contributed by atoms with Crippen molar-refractivity contribution in [3.63, 3.8) is 0 Å². The molecule has 0 bridgehead atoms. The summed E-state index contributed by atoms with van der Waals surface area (Å²) in [5.74, 6) is -1.77. The highest BCUT2D eigenvalue weighted by atomic mass is 19.4. The number of ether oxygens (including phenoxy) is 2. The molecule has 0 unspecified atom stereocenters. The molecule has 0 aliphatic carbocycles. The van der Waals surface area contributed by atoms with Crippen molar-refractivity contribution >= 4 is 12.0 Å². The minimum Gasteiger partial charge on any atom is -0.494 e. The van der Waals surface area contributed by atoms with Gasteiger partial charge in [-0.15, -0.1) is 0 Å². The molecule has 0 fully saturated rings. The van der Waals surface area contributed by atoms with Crippen LogP contribution < -0.4 is 9.47 Å². The Kier molecular flexibility index (Phi) is 8.41. The van der Waals surface area contributed by atoms with E-state index in [2.05, 4.69) is 4.74 Å². The molecule has 0 radical (unpaired) electrons. The number of unbranched alkanes of at least 4 members (excludes halogenated alkanes) is 2. The van der Waals surface area contributed by atoms with Gasteiger partial charge in [0.2, 0.25) is 0 Å². The summed E-state index contributed by atoms with van der Waals surface area (Å²) < 4.78 is 75.0. The average Bonchev–Trinajstić information content (AvgIpc) is 2.69. The third-order valence-electron chi connectivity index (χ3n) is 4.10. The van der Waals surface area contributed by atoms with Crippen LogP contribution in [0.2, 0.25) is 0 Å². The molecule has 0 amide bonds. The second kappa shape index (κ2) is 10.8. The van der Waals surface area contributed by atoms with E-state index in [0.29, 0.717) is 18.6 Å². The van der Waals surface area contributed by atoms with Crippen molar-refractivity contribution in [3.8, 4) is 11.5 Å². The van der Waals surface area contributed by atoms with E-state index in [-0.39, 0.29) is 24.3 Å². The van der Waals surface area contributed by atoms with Crippen molar-refractivity contribution in [1.29, 1.82) is 0 Å². The van der Waals surface area contributed by atoms with Gasteiger partial charge >= 0.3 is 18.3 Å². The van der Waals surface area contributed by atoms with Crippen LogP contribution in [0.5, 0.6) is 11.5 Å². The van der Waals surface area contributed by atoms with Crippen LogP contribution in [0.1, 0.15) is 31.2 Å². The van der Waals surface area contributed by atoms with Crippen LogP contribution in [-0.4, -0.2) is 30.0 Å². The lowest BCUT2D eigenvalue weighted by molar-refractivity contribution is -0.160. The molecule has 2 aromatic carbocycles. The number of alkyl halides is 5. The Labute approximate surface area is 175 Å². The Morgan fingerprint density at radius 2 is 1.48 bits per heavy atom. The van der Waals surface area contributed by atoms with Crippen LogP contribution in [-0.2, 0) is 4.79 Å². The molecule has 31 heavy (non-hydrogen) atoms. The van der Waals surface area contributed by atoms with Gasteiger partial charge in [-0.1, -0.05) is 30.3 Å². The van der Waals surface area contributed by atoms with Gasteiger partial charge in [-0.05, 0) is 55.2 Å². The first-order chi connectivity index (χ1) is 14.6. The molecule has 9 heteroatoms. The number of rotatable bonds is 11. The highest BCUT2D eigenvalue weighted by Crippen LogP contribution is 2.31. The summed E-state index contributed by atoms with van der Waals surface area (Å²) >= 11 is 0. The number of hydrogen-bond acceptors (Lipinski definition) is 3. The van der Waals surface area contributed by atoms with Gasteiger partial charge in [0.1, 0.15) is 17.1 Å². The molecule has 0 aliphatic heterocycles. The SMILES string of the molecule is O=C(O)/C(=C/c1ccccc1)C(F)(F)Oc1ccc(OCCCCCC(F)(F)F)cc1. The fourth-order valence-electron chi connectivity index (χ4n) is 2.59. The van der Waals surface area contributed by atoms with E-state index in [1.165, 1.54) is 36.4 Å². The topological polar surface area (TPSA) is 55.8 Å². The van der Waals surface area contributed by atoms with Gasteiger partial charge in [0, 0.05) is 6.42 Å². The van der Waals surface area contributed by atoms with E-state index in [1.54, 1.807) is 18.2 Å². The monoisotopic (exact) mass is 444 g/mol. The van der Waals surface area contributed by atoms with E-state index in [0.717, 1.165) is 6.08 Å². The lowest BCUT2D eigenvalue weighted by Crippen LogP contribution is -2.31. The average molecular weight is 444 g/mol. The Morgan fingerprint density at radius 1 is 0.871 bits per heavy atom.